The zero-order valence-electron chi connectivity index (χ0n) is 18.3. The summed E-state index contributed by atoms with van der Waals surface area (Å²) in [6, 6.07) is 11.6. The molecule has 2 heterocycles. The number of nitrogens with one attached hydrogen (secondary N) is 2. The molecule has 2 N–H and O–H groups in total. The molecular formula is C23H24N6O3. The van der Waals surface area contributed by atoms with Crippen LogP contribution in [0.3, 0.4) is 0 Å². The van der Waals surface area contributed by atoms with Gasteiger partial charge in [-0.2, -0.15) is 4.98 Å². The molecule has 0 aliphatic carbocycles. The van der Waals surface area contributed by atoms with Crippen LogP contribution in [0.25, 0.3) is 5.69 Å². The number of aryl methyl sites for hydroxylation is 1. The van der Waals surface area contributed by atoms with Crippen LogP contribution in [0.5, 0.6) is 17.2 Å². The van der Waals surface area contributed by atoms with Gasteiger partial charge in [0.2, 0.25) is 11.7 Å². The quantitative estimate of drug-likeness (QED) is 0.421. The molecule has 0 atom stereocenters. The minimum Gasteiger partial charge on any atom is -0.493 e. The van der Waals surface area contributed by atoms with E-state index in [2.05, 4.69) is 25.6 Å². The van der Waals surface area contributed by atoms with Crippen LogP contribution in [0, 0.1) is 6.92 Å². The van der Waals surface area contributed by atoms with Crippen molar-refractivity contribution in [3.05, 3.63) is 66.9 Å². The zero-order valence-corrected chi connectivity index (χ0v) is 18.3. The van der Waals surface area contributed by atoms with Crippen molar-refractivity contribution >= 4 is 23.1 Å². The zero-order chi connectivity index (χ0) is 22.5. The number of hydrogen-bond acceptors (Lipinski definition) is 8. The van der Waals surface area contributed by atoms with E-state index < -0.39 is 0 Å². The van der Waals surface area contributed by atoms with Gasteiger partial charge >= 0.3 is 0 Å². The lowest BCUT2D eigenvalue weighted by molar-refractivity contribution is 0.324. The van der Waals surface area contributed by atoms with Gasteiger partial charge in [-0.25, -0.2) is 9.97 Å². The Bertz CT molecular complexity index is 1170. The summed E-state index contributed by atoms with van der Waals surface area (Å²) >= 11 is 0. The first-order valence-corrected chi connectivity index (χ1v) is 9.87. The second kappa shape index (κ2) is 9.25. The largest absolute Gasteiger partial charge is 0.493 e. The first-order chi connectivity index (χ1) is 15.6. The lowest BCUT2D eigenvalue weighted by Gasteiger charge is -2.16. The Morgan fingerprint density at radius 3 is 2.19 bits per heavy atom. The third-order valence-corrected chi connectivity index (χ3v) is 4.83. The first-order valence-electron chi connectivity index (χ1n) is 9.87. The summed E-state index contributed by atoms with van der Waals surface area (Å²) < 4.78 is 18.2. The van der Waals surface area contributed by atoms with Gasteiger partial charge in [0, 0.05) is 53.3 Å². The molecule has 2 aromatic carbocycles. The van der Waals surface area contributed by atoms with Gasteiger partial charge in [-0.15, -0.1) is 0 Å². The predicted molar refractivity (Wildman–Crippen MR) is 123 cm³/mol. The molecule has 0 amide bonds. The van der Waals surface area contributed by atoms with Crippen molar-refractivity contribution in [1.29, 1.82) is 0 Å². The third-order valence-electron chi connectivity index (χ3n) is 4.83. The van der Waals surface area contributed by atoms with E-state index in [1.54, 1.807) is 40.1 Å². The Morgan fingerprint density at radius 2 is 1.59 bits per heavy atom. The Labute approximate surface area is 186 Å². The van der Waals surface area contributed by atoms with Crippen LogP contribution in [0.2, 0.25) is 0 Å². The van der Waals surface area contributed by atoms with Crippen LogP contribution in [-0.4, -0.2) is 40.8 Å². The van der Waals surface area contributed by atoms with Crippen molar-refractivity contribution in [1.82, 2.24) is 19.5 Å². The van der Waals surface area contributed by atoms with Crippen LogP contribution in [0.15, 0.2) is 61.3 Å². The monoisotopic (exact) mass is 432 g/mol. The van der Waals surface area contributed by atoms with Gasteiger partial charge in [0.15, 0.2) is 11.5 Å². The minimum absolute atomic E-state index is 0.473. The molecule has 0 saturated carbocycles. The molecule has 9 heteroatoms. The summed E-state index contributed by atoms with van der Waals surface area (Å²) in [6.07, 6.45) is 7.16. The standard InChI is InChI=1S/C23H24N6O3/c1-15-13-25-23(27-16-5-7-18(8-6-16)29-10-9-24-14-29)28-22(15)26-17-11-19(30-2)21(32-4)20(12-17)31-3/h5-14H,1-4H3,(H2,25,26,27,28). The van der Waals surface area contributed by atoms with E-state index in [0.29, 0.717) is 29.0 Å². The van der Waals surface area contributed by atoms with Gasteiger partial charge in [0.1, 0.15) is 5.82 Å². The Hall–Kier alpha value is -4.27. The molecule has 4 rings (SSSR count). The van der Waals surface area contributed by atoms with Crippen LogP contribution in [-0.2, 0) is 0 Å². The maximum Gasteiger partial charge on any atom is 0.229 e. The van der Waals surface area contributed by atoms with Gasteiger partial charge in [0.25, 0.3) is 0 Å². The third kappa shape index (κ3) is 4.41. The van der Waals surface area contributed by atoms with E-state index in [1.165, 1.54) is 0 Å². The molecule has 32 heavy (non-hydrogen) atoms. The van der Waals surface area contributed by atoms with Gasteiger partial charge in [-0.05, 0) is 31.2 Å². The molecule has 0 aliphatic rings. The number of nitrogens with zero attached hydrogens (tertiary/aromatic N) is 4. The van der Waals surface area contributed by atoms with E-state index in [-0.39, 0.29) is 0 Å². The fraction of sp³-hybridized carbons (Fsp3) is 0.174. The Morgan fingerprint density at radius 1 is 0.875 bits per heavy atom. The lowest BCUT2D eigenvalue weighted by Crippen LogP contribution is -2.04. The maximum atomic E-state index is 5.43. The average Bonchev–Trinajstić information content (AvgIpc) is 3.36. The molecule has 164 valence electrons. The Kier molecular flexibility index (Phi) is 6.07. The second-order valence-corrected chi connectivity index (χ2v) is 6.91. The van der Waals surface area contributed by atoms with Crippen molar-refractivity contribution in [2.45, 2.75) is 6.92 Å². The fourth-order valence-electron chi connectivity index (χ4n) is 3.18. The summed E-state index contributed by atoms with van der Waals surface area (Å²) in [4.78, 5) is 13.1. The summed E-state index contributed by atoms with van der Waals surface area (Å²) in [5, 5.41) is 6.55. The van der Waals surface area contributed by atoms with E-state index in [9.17, 15) is 0 Å². The molecule has 0 unspecified atom stereocenters. The van der Waals surface area contributed by atoms with Gasteiger partial charge in [-0.1, -0.05) is 0 Å². The molecule has 0 saturated heterocycles. The number of hydrogen-bond donors (Lipinski definition) is 2. The molecule has 0 spiro atoms. The normalized spacial score (nSPS) is 10.5. The molecule has 0 radical (unpaired) electrons. The van der Waals surface area contributed by atoms with Crippen LogP contribution in [0.4, 0.5) is 23.1 Å². The SMILES string of the molecule is COc1cc(Nc2nc(Nc3ccc(-n4ccnc4)cc3)ncc2C)cc(OC)c1OC. The molecular weight excluding hydrogens is 408 g/mol. The molecule has 0 aliphatic heterocycles. The first kappa shape index (κ1) is 21.0. The van der Waals surface area contributed by atoms with Crippen molar-refractivity contribution in [2.24, 2.45) is 0 Å². The van der Waals surface area contributed by atoms with Crippen LogP contribution in [0.1, 0.15) is 5.56 Å². The maximum absolute atomic E-state index is 5.43. The number of imidazole rings is 1. The topological polar surface area (TPSA) is 95.4 Å². The lowest BCUT2D eigenvalue weighted by atomic mass is 10.2. The highest BCUT2D eigenvalue weighted by atomic mass is 16.5. The highest BCUT2D eigenvalue weighted by Crippen LogP contribution is 2.40. The summed E-state index contributed by atoms with van der Waals surface area (Å²) in [6.45, 7) is 1.93. The average molecular weight is 432 g/mol. The summed E-state index contributed by atoms with van der Waals surface area (Å²) in [5.74, 6) is 2.77. The van der Waals surface area contributed by atoms with Crippen molar-refractivity contribution in [3.8, 4) is 22.9 Å². The molecule has 9 nitrogen and oxygen atoms in total. The van der Waals surface area contributed by atoms with E-state index >= 15 is 0 Å². The molecule has 2 aromatic heterocycles. The van der Waals surface area contributed by atoms with Crippen LogP contribution >= 0.6 is 0 Å². The van der Waals surface area contributed by atoms with Crippen molar-refractivity contribution in [3.63, 3.8) is 0 Å². The Balaban J connectivity index is 1.56. The predicted octanol–water partition coefficient (Wildman–Crippen LogP) is 4.48. The van der Waals surface area contributed by atoms with E-state index in [1.807, 2.05) is 54.1 Å². The van der Waals surface area contributed by atoms with Crippen LogP contribution < -0.4 is 24.8 Å². The van der Waals surface area contributed by atoms with Gasteiger partial charge in [0.05, 0.1) is 27.7 Å². The molecule has 0 fully saturated rings. The molecule has 4 aromatic rings. The smallest absolute Gasteiger partial charge is 0.229 e. The highest BCUT2D eigenvalue weighted by Gasteiger charge is 2.14. The van der Waals surface area contributed by atoms with E-state index in [0.717, 1.165) is 22.6 Å². The minimum atomic E-state index is 0.473. The number of methoxy groups -OCH3 is 3. The van der Waals surface area contributed by atoms with Crippen molar-refractivity contribution in [2.75, 3.05) is 32.0 Å². The number of rotatable bonds is 8. The fourth-order valence-corrected chi connectivity index (χ4v) is 3.18. The summed E-state index contributed by atoms with van der Waals surface area (Å²) in [5.41, 5.74) is 3.52. The number of anilines is 4. The number of benzene rings is 2. The highest BCUT2D eigenvalue weighted by molar-refractivity contribution is 5.68. The molecule has 0 bridgehead atoms. The number of aromatic nitrogens is 4. The van der Waals surface area contributed by atoms with Crippen molar-refractivity contribution < 1.29 is 14.2 Å². The van der Waals surface area contributed by atoms with Gasteiger partial charge < -0.3 is 29.4 Å². The summed E-state index contributed by atoms with van der Waals surface area (Å²) in [7, 11) is 4.73. The van der Waals surface area contributed by atoms with Gasteiger partial charge in [-0.3, -0.25) is 0 Å². The number of ether oxygens (including phenoxy) is 3. The second-order valence-electron chi connectivity index (χ2n) is 6.91. The van der Waals surface area contributed by atoms with E-state index in [4.69, 9.17) is 14.2 Å².